The molecule has 4 atom stereocenters. The van der Waals surface area contributed by atoms with Crippen molar-refractivity contribution < 1.29 is 19.4 Å². The number of ether oxygens (including phenoxy) is 1. The lowest BCUT2D eigenvalue weighted by Crippen LogP contribution is -2.48. The molecule has 1 fully saturated rings. The minimum atomic E-state index is -1.19. The lowest BCUT2D eigenvalue weighted by Gasteiger charge is -2.34. The number of carboxylic acid groups (broad SMARTS) is 1. The average Bonchev–Trinajstić information content (AvgIpc) is 3.50. The maximum Gasteiger partial charge on any atom is 0.407 e. The molecule has 3 N–H and O–H groups in total. The van der Waals surface area contributed by atoms with Crippen molar-refractivity contribution in [3.63, 3.8) is 0 Å². The van der Waals surface area contributed by atoms with Crippen LogP contribution in [0.3, 0.4) is 0 Å². The Hall–Kier alpha value is -4.78. The molecule has 1 aliphatic heterocycles. The van der Waals surface area contributed by atoms with Gasteiger partial charge >= 0.3 is 6.09 Å². The number of amides is 2. The second-order valence-corrected chi connectivity index (χ2v) is 12.5. The average molecular weight is 666 g/mol. The minimum Gasteiger partial charge on any atom is -0.465 e. The maximum atomic E-state index is 14.2. The first-order valence-electron chi connectivity index (χ1n) is 15.9. The van der Waals surface area contributed by atoms with Crippen LogP contribution in [-0.2, 0) is 23.0 Å². The van der Waals surface area contributed by atoms with Gasteiger partial charge in [-0.1, -0.05) is 78.9 Å². The number of benzene rings is 3. The van der Waals surface area contributed by atoms with E-state index in [0.717, 1.165) is 38.3 Å². The summed E-state index contributed by atoms with van der Waals surface area (Å²) in [5, 5.41) is 21.5. The van der Waals surface area contributed by atoms with Crippen LogP contribution in [0.2, 0.25) is 0 Å². The van der Waals surface area contributed by atoms with Crippen LogP contribution >= 0.6 is 12.6 Å². The second-order valence-electron chi connectivity index (χ2n) is 12.0. The molecule has 2 aromatic heterocycles. The molecule has 1 unspecified atom stereocenters. The number of aromatic nitrogens is 4. The molecular formula is C36H39N7O4S. The molecule has 0 saturated carbocycles. The highest BCUT2D eigenvalue weighted by Crippen LogP contribution is 2.33. The lowest BCUT2D eigenvalue weighted by molar-refractivity contribution is -0.120. The third kappa shape index (κ3) is 7.20. The van der Waals surface area contributed by atoms with Crippen LogP contribution in [0.5, 0.6) is 0 Å². The van der Waals surface area contributed by atoms with Crippen molar-refractivity contribution >= 4 is 41.3 Å². The monoisotopic (exact) mass is 665 g/mol. The molecule has 0 bridgehead atoms. The molecule has 6 rings (SSSR count). The van der Waals surface area contributed by atoms with E-state index in [1.165, 1.54) is 13.4 Å². The summed E-state index contributed by atoms with van der Waals surface area (Å²) in [6, 6.07) is 25.7. The molecule has 12 heteroatoms. The van der Waals surface area contributed by atoms with Crippen molar-refractivity contribution in [2.45, 2.75) is 42.3 Å². The van der Waals surface area contributed by atoms with Gasteiger partial charge in [0.1, 0.15) is 12.4 Å². The van der Waals surface area contributed by atoms with Gasteiger partial charge in [0.25, 0.3) is 0 Å². The smallest absolute Gasteiger partial charge is 0.407 e. The minimum absolute atomic E-state index is 0.0974. The van der Waals surface area contributed by atoms with Gasteiger partial charge in [0, 0.05) is 38.8 Å². The Balaban J connectivity index is 1.18. The summed E-state index contributed by atoms with van der Waals surface area (Å²) in [6.45, 7) is 1.31. The van der Waals surface area contributed by atoms with E-state index in [2.05, 4.69) is 25.7 Å². The Morgan fingerprint density at radius 1 is 1.02 bits per heavy atom. The van der Waals surface area contributed by atoms with E-state index in [-0.39, 0.29) is 17.5 Å². The summed E-state index contributed by atoms with van der Waals surface area (Å²) < 4.78 is 8.25. The first-order chi connectivity index (χ1) is 23.3. The van der Waals surface area contributed by atoms with Gasteiger partial charge in [-0.05, 0) is 35.6 Å². The maximum absolute atomic E-state index is 14.2. The van der Waals surface area contributed by atoms with Gasteiger partial charge in [-0.2, -0.15) is 17.7 Å². The zero-order valence-electron chi connectivity index (χ0n) is 26.8. The number of carbonyl (C=O) groups is 2. The lowest BCUT2D eigenvalue weighted by atomic mass is 9.84. The van der Waals surface area contributed by atoms with Crippen molar-refractivity contribution in [2.24, 2.45) is 7.05 Å². The summed E-state index contributed by atoms with van der Waals surface area (Å²) in [4.78, 5) is 36.5. The molecule has 3 aromatic carbocycles. The predicted molar refractivity (Wildman–Crippen MR) is 187 cm³/mol. The van der Waals surface area contributed by atoms with Crippen LogP contribution in [0.15, 0.2) is 97.5 Å². The second kappa shape index (κ2) is 15.0. The van der Waals surface area contributed by atoms with Crippen LogP contribution < -0.4 is 10.6 Å². The number of morpholine rings is 1. The Kier molecular flexibility index (Phi) is 10.3. The summed E-state index contributed by atoms with van der Waals surface area (Å²) in [5.41, 5.74) is 4.78. The molecule has 1 aliphatic rings. The number of rotatable bonds is 11. The van der Waals surface area contributed by atoms with Crippen LogP contribution in [0.4, 0.5) is 10.5 Å². The molecule has 11 nitrogen and oxygen atoms in total. The number of nitrogens with one attached hydrogen (secondary N) is 2. The number of para-hydroxylation sites is 1. The highest BCUT2D eigenvalue weighted by atomic mass is 32.1. The number of carbonyl (C=O) groups excluding carboxylic acids is 1. The molecule has 0 spiro atoms. The van der Waals surface area contributed by atoms with Crippen molar-refractivity contribution in [1.29, 1.82) is 0 Å². The van der Waals surface area contributed by atoms with Crippen molar-refractivity contribution in [3.05, 3.63) is 120 Å². The summed E-state index contributed by atoms with van der Waals surface area (Å²) >= 11 is 4.91. The quantitative estimate of drug-likeness (QED) is 0.144. The number of aryl methyl sites for hydroxylation is 2. The van der Waals surface area contributed by atoms with Crippen molar-refractivity contribution in [3.8, 4) is 0 Å². The zero-order chi connectivity index (χ0) is 33.6. The van der Waals surface area contributed by atoms with E-state index in [1.54, 1.807) is 10.9 Å². The Morgan fingerprint density at radius 3 is 2.38 bits per heavy atom. The predicted octanol–water partition coefficient (Wildman–Crippen LogP) is 5.07. The zero-order valence-corrected chi connectivity index (χ0v) is 27.7. The molecule has 3 heterocycles. The molecule has 0 aliphatic carbocycles. The first kappa shape index (κ1) is 33.1. The third-order valence-electron chi connectivity index (χ3n) is 8.91. The molecule has 1 saturated heterocycles. The first-order valence-corrected chi connectivity index (χ1v) is 16.4. The van der Waals surface area contributed by atoms with Crippen molar-refractivity contribution in [1.82, 2.24) is 30.0 Å². The number of hydrogen-bond acceptors (Lipinski definition) is 8. The van der Waals surface area contributed by atoms with Gasteiger partial charge < -0.3 is 20.5 Å². The van der Waals surface area contributed by atoms with E-state index in [4.69, 9.17) is 17.4 Å². The third-order valence-corrected chi connectivity index (χ3v) is 9.49. The van der Waals surface area contributed by atoms with E-state index < -0.39 is 24.0 Å². The molecular weight excluding hydrogens is 627 g/mol. The van der Waals surface area contributed by atoms with Gasteiger partial charge in [0.15, 0.2) is 5.65 Å². The summed E-state index contributed by atoms with van der Waals surface area (Å²) in [5.74, 6) is -0.943. The Labute approximate surface area is 284 Å². The molecule has 5 aromatic rings. The topological polar surface area (TPSA) is 134 Å². The van der Waals surface area contributed by atoms with E-state index >= 15 is 0 Å². The normalized spacial score (nSPS) is 17.6. The highest BCUT2D eigenvalue weighted by Gasteiger charge is 2.37. The number of likely N-dealkylation sites (N-methyl/N-ethyl adjacent to an activating group) is 1. The number of thiol groups is 1. The van der Waals surface area contributed by atoms with Gasteiger partial charge in [0.05, 0.1) is 34.7 Å². The summed E-state index contributed by atoms with van der Waals surface area (Å²) in [6.07, 6.45) is 3.10. The SMILES string of the molecule is CN(C(=O)O)[C@H](C(=O)Nc1ccccc1CC[C@@H]1CNC[C@@H](C(S)c2ncnc3c2cnn3C)O1)C(c1ccccc1)c1ccccc1. The Bertz CT molecular complexity index is 1820. The molecule has 0 radical (unpaired) electrons. The van der Waals surface area contributed by atoms with Crippen molar-refractivity contribution in [2.75, 3.05) is 25.5 Å². The molecule has 248 valence electrons. The van der Waals surface area contributed by atoms with Gasteiger partial charge in [-0.15, -0.1) is 0 Å². The van der Waals surface area contributed by atoms with Crippen LogP contribution in [0.1, 0.15) is 40.0 Å². The molecule has 2 amide bonds. The van der Waals surface area contributed by atoms with Crippen LogP contribution in [-0.4, -0.2) is 80.1 Å². The number of nitrogens with zero attached hydrogens (tertiary/aromatic N) is 5. The molecule has 48 heavy (non-hydrogen) atoms. The standard InChI is InChI=1S/C36H39N7O4S/c1-42(36(45)46)32(30(24-12-5-3-6-13-24)25-14-7-4-8-15-25)35(44)41-28-16-10-9-11-23(28)17-18-26-19-37-21-29(47-26)33(48)31-27-20-40-43(2)34(27)39-22-38-31/h3-16,20,22,26,29-30,32-33,37,48H,17-19,21H2,1-2H3,(H,41,44)(H,45,46)/t26-,29+,32+,33?/m1/s1. The van der Waals surface area contributed by atoms with E-state index in [0.29, 0.717) is 31.6 Å². The fourth-order valence-electron chi connectivity index (χ4n) is 6.41. The number of fused-ring (bicyclic) bond motifs is 1. The highest BCUT2D eigenvalue weighted by molar-refractivity contribution is 7.80. The van der Waals surface area contributed by atoms with E-state index in [9.17, 15) is 14.7 Å². The largest absolute Gasteiger partial charge is 0.465 e. The van der Waals surface area contributed by atoms with Crippen LogP contribution in [0.25, 0.3) is 11.0 Å². The van der Waals surface area contributed by atoms with E-state index in [1.807, 2.05) is 92.0 Å². The fraction of sp³-hybridized carbons (Fsp3) is 0.306. The van der Waals surface area contributed by atoms with Gasteiger partial charge in [-0.25, -0.2) is 14.8 Å². The fourth-order valence-corrected chi connectivity index (χ4v) is 6.79. The van der Waals surface area contributed by atoms with Crippen LogP contribution in [0, 0.1) is 0 Å². The summed E-state index contributed by atoms with van der Waals surface area (Å²) in [7, 11) is 3.29. The number of anilines is 1. The van der Waals surface area contributed by atoms with Gasteiger partial charge in [-0.3, -0.25) is 14.4 Å². The van der Waals surface area contributed by atoms with Gasteiger partial charge in [0.2, 0.25) is 5.91 Å². The number of hydrogen-bond donors (Lipinski definition) is 4. The Morgan fingerprint density at radius 2 is 1.69 bits per heavy atom.